The minimum Gasteiger partial charge on any atom is -0.481 e. The lowest BCUT2D eigenvalue weighted by molar-refractivity contribution is -0.155. The van der Waals surface area contributed by atoms with Gasteiger partial charge in [0.05, 0.1) is 12.5 Å². The third-order valence-corrected chi connectivity index (χ3v) is 3.58. The van der Waals surface area contributed by atoms with Crippen LogP contribution in [0.2, 0.25) is 0 Å². The van der Waals surface area contributed by atoms with Gasteiger partial charge in [-0.15, -0.1) is 0 Å². The first-order valence-electron chi connectivity index (χ1n) is 7.87. The largest absolute Gasteiger partial charge is 0.481 e. The molecule has 0 aromatic rings. The van der Waals surface area contributed by atoms with E-state index in [1.54, 1.807) is 0 Å². The van der Waals surface area contributed by atoms with E-state index in [4.69, 9.17) is 5.11 Å². The molecule has 0 radical (unpaired) electrons. The van der Waals surface area contributed by atoms with Crippen molar-refractivity contribution in [2.45, 2.75) is 32.6 Å². The van der Waals surface area contributed by atoms with E-state index in [0.717, 1.165) is 12.8 Å². The van der Waals surface area contributed by atoms with Gasteiger partial charge in [0, 0.05) is 20.6 Å². The summed E-state index contributed by atoms with van der Waals surface area (Å²) < 4.78 is 0. The quantitative estimate of drug-likeness (QED) is 0.197. The first-order chi connectivity index (χ1) is 11.2. The van der Waals surface area contributed by atoms with Crippen LogP contribution in [0.5, 0.6) is 0 Å². The Kier molecular flexibility index (Phi) is 10.4. The number of nitrogens with zero attached hydrogens (tertiary/aromatic N) is 2. The lowest BCUT2D eigenvalue weighted by atomic mass is 10.00. The Balaban J connectivity index is 4.60. The molecule has 24 heavy (non-hydrogen) atoms. The van der Waals surface area contributed by atoms with Gasteiger partial charge in [-0.2, -0.15) is 0 Å². The molecule has 0 saturated heterocycles. The Labute approximate surface area is 141 Å². The molecule has 0 fully saturated rings. The maximum absolute atomic E-state index is 12.1. The Bertz CT molecular complexity index is 441. The topological polar surface area (TPSA) is 127 Å². The van der Waals surface area contributed by atoms with Gasteiger partial charge in [0.1, 0.15) is 5.92 Å². The SMILES string of the molecule is CCCCC(CN(O)C=O)C(=O)NCCC(C(=O)O)C(=O)N(C)C. The van der Waals surface area contributed by atoms with E-state index in [0.29, 0.717) is 11.5 Å². The summed E-state index contributed by atoms with van der Waals surface area (Å²) >= 11 is 0. The minimum absolute atomic E-state index is 0.0184. The summed E-state index contributed by atoms with van der Waals surface area (Å²) in [5.74, 6) is -3.98. The number of amides is 3. The molecular weight excluding hydrogens is 318 g/mol. The molecule has 2 unspecified atom stereocenters. The van der Waals surface area contributed by atoms with Gasteiger partial charge >= 0.3 is 5.97 Å². The summed E-state index contributed by atoms with van der Waals surface area (Å²) in [6.45, 7) is 1.84. The Hall–Kier alpha value is -2.16. The number of hydrogen-bond donors (Lipinski definition) is 3. The summed E-state index contributed by atoms with van der Waals surface area (Å²) in [6.07, 6.45) is 2.29. The van der Waals surface area contributed by atoms with E-state index in [9.17, 15) is 24.4 Å². The number of carboxylic acid groups (broad SMARTS) is 1. The Morgan fingerprint density at radius 2 is 1.83 bits per heavy atom. The molecular formula is C15H27N3O6. The van der Waals surface area contributed by atoms with E-state index in [1.165, 1.54) is 19.0 Å². The first kappa shape index (κ1) is 21.8. The molecule has 2 atom stereocenters. The van der Waals surface area contributed by atoms with Crippen LogP contribution in [0.25, 0.3) is 0 Å². The number of hydroxylamine groups is 2. The lowest BCUT2D eigenvalue weighted by Crippen LogP contribution is -2.40. The maximum Gasteiger partial charge on any atom is 0.316 e. The second-order valence-electron chi connectivity index (χ2n) is 5.77. The number of unbranched alkanes of at least 4 members (excludes halogenated alkanes) is 1. The molecule has 3 N–H and O–H groups in total. The summed E-state index contributed by atoms with van der Waals surface area (Å²) in [5, 5.41) is 21.3. The second kappa shape index (κ2) is 11.4. The molecule has 9 heteroatoms. The molecule has 0 bridgehead atoms. The summed E-state index contributed by atoms with van der Waals surface area (Å²) in [4.78, 5) is 46.7. The van der Waals surface area contributed by atoms with E-state index in [1.807, 2.05) is 6.92 Å². The van der Waals surface area contributed by atoms with Crippen LogP contribution in [0, 0.1) is 11.8 Å². The molecule has 0 aromatic heterocycles. The highest BCUT2D eigenvalue weighted by Gasteiger charge is 2.28. The highest BCUT2D eigenvalue weighted by atomic mass is 16.5. The zero-order valence-electron chi connectivity index (χ0n) is 14.4. The Morgan fingerprint density at radius 3 is 2.29 bits per heavy atom. The number of hydrogen-bond acceptors (Lipinski definition) is 5. The van der Waals surface area contributed by atoms with Gasteiger partial charge in [0.15, 0.2) is 0 Å². The van der Waals surface area contributed by atoms with Gasteiger partial charge in [0.2, 0.25) is 18.2 Å². The second-order valence-corrected chi connectivity index (χ2v) is 5.77. The molecule has 0 rings (SSSR count). The van der Waals surface area contributed by atoms with Gasteiger partial charge in [-0.1, -0.05) is 19.8 Å². The normalized spacial score (nSPS) is 12.8. The first-order valence-corrected chi connectivity index (χ1v) is 7.87. The average molecular weight is 345 g/mol. The van der Waals surface area contributed by atoms with Crippen molar-refractivity contribution in [1.82, 2.24) is 15.3 Å². The zero-order valence-corrected chi connectivity index (χ0v) is 14.4. The molecule has 0 heterocycles. The smallest absolute Gasteiger partial charge is 0.316 e. The molecule has 0 aliphatic heterocycles. The number of carbonyl (C=O) groups is 4. The molecule has 0 saturated carbocycles. The number of carboxylic acids is 1. The van der Waals surface area contributed by atoms with Crippen molar-refractivity contribution >= 4 is 24.2 Å². The summed E-state index contributed by atoms with van der Waals surface area (Å²) in [7, 11) is 2.93. The van der Waals surface area contributed by atoms with E-state index in [2.05, 4.69) is 5.32 Å². The Morgan fingerprint density at radius 1 is 1.21 bits per heavy atom. The van der Waals surface area contributed by atoms with Gasteiger partial charge in [-0.25, -0.2) is 5.06 Å². The predicted octanol–water partition coefficient (Wildman–Crippen LogP) is -0.0643. The molecule has 0 aliphatic carbocycles. The van der Waals surface area contributed by atoms with E-state index < -0.39 is 23.7 Å². The number of nitrogens with one attached hydrogen (secondary N) is 1. The number of aliphatic carboxylic acids is 1. The molecule has 138 valence electrons. The van der Waals surface area contributed by atoms with Gasteiger partial charge in [-0.05, 0) is 12.8 Å². The van der Waals surface area contributed by atoms with Crippen LogP contribution in [0.15, 0.2) is 0 Å². The van der Waals surface area contributed by atoms with Crippen molar-refractivity contribution < 1.29 is 29.5 Å². The van der Waals surface area contributed by atoms with Crippen LogP contribution in [-0.4, -0.2) is 71.7 Å². The summed E-state index contributed by atoms with van der Waals surface area (Å²) in [5.41, 5.74) is 0. The van der Waals surface area contributed by atoms with E-state index >= 15 is 0 Å². The van der Waals surface area contributed by atoms with Crippen molar-refractivity contribution in [3.63, 3.8) is 0 Å². The lowest BCUT2D eigenvalue weighted by Gasteiger charge is -2.20. The third kappa shape index (κ3) is 7.91. The van der Waals surface area contributed by atoms with Crippen LogP contribution >= 0.6 is 0 Å². The van der Waals surface area contributed by atoms with Crippen molar-refractivity contribution in [3.8, 4) is 0 Å². The minimum atomic E-state index is -1.24. The van der Waals surface area contributed by atoms with Gasteiger partial charge < -0.3 is 15.3 Å². The fraction of sp³-hybridized carbons (Fsp3) is 0.733. The monoisotopic (exact) mass is 345 g/mol. The highest BCUT2D eigenvalue weighted by molar-refractivity contribution is 5.96. The molecule has 3 amide bonds. The predicted molar refractivity (Wildman–Crippen MR) is 85.0 cm³/mol. The molecule has 9 nitrogen and oxygen atoms in total. The fourth-order valence-electron chi connectivity index (χ4n) is 2.17. The molecule has 0 aliphatic rings. The van der Waals surface area contributed by atoms with Crippen molar-refractivity contribution in [3.05, 3.63) is 0 Å². The van der Waals surface area contributed by atoms with Gasteiger partial charge in [0.25, 0.3) is 0 Å². The average Bonchev–Trinajstić information content (AvgIpc) is 2.53. The van der Waals surface area contributed by atoms with Crippen LogP contribution in [0.1, 0.15) is 32.6 Å². The van der Waals surface area contributed by atoms with E-state index in [-0.39, 0.29) is 31.8 Å². The fourth-order valence-corrected chi connectivity index (χ4v) is 2.17. The van der Waals surface area contributed by atoms with Crippen LogP contribution in [0.4, 0.5) is 0 Å². The molecule has 0 spiro atoms. The van der Waals surface area contributed by atoms with Crippen molar-refractivity contribution in [2.24, 2.45) is 11.8 Å². The standard InChI is InChI=1S/C15H27N3O6/c1-4-5-6-11(9-18(24)10-19)13(20)16-8-7-12(15(22)23)14(21)17(2)3/h10-12,24H,4-9H2,1-3H3,(H,16,20)(H,22,23). The number of carbonyl (C=O) groups excluding carboxylic acids is 3. The van der Waals surface area contributed by atoms with Crippen molar-refractivity contribution in [2.75, 3.05) is 27.2 Å². The maximum atomic E-state index is 12.1. The zero-order chi connectivity index (χ0) is 18.7. The molecule has 0 aromatic carbocycles. The number of rotatable bonds is 12. The van der Waals surface area contributed by atoms with Gasteiger partial charge in [-0.3, -0.25) is 24.4 Å². The van der Waals surface area contributed by atoms with Crippen molar-refractivity contribution in [1.29, 1.82) is 0 Å². The third-order valence-electron chi connectivity index (χ3n) is 3.58. The summed E-state index contributed by atoms with van der Waals surface area (Å²) in [6, 6.07) is 0. The van der Waals surface area contributed by atoms with Crippen LogP contribution in [0.3, 0.4) is 0 Å². The highest BCUT2D eigenvalue weighted by Crippen LogP contribution is 2.11. The van der Waals surface area contributed by atoms with Crippen LogP contribution < -0.4 is 5.32 Å². The van der Waals surface area contributed by atoms with Crippen LogP contribution in [-0.2, 0) is 19.2 Å².